The first kappa shape index (κ1) is 12.6. The molecule has 0 atom stereocenters. The van der Waals surface area contributed by atoms with Gasteiger partial charge in [0.25, 0.3) is 0 Å². The molecule has 0 saturated heterocycles. The second-order valence-corrected chi connectivity index (χ2v) is 5.65. The van der Waals surface area contributed by atoms with Gasteiger partial charge < -0.3 is 10.3 Å². The van der Waals surface area contributed by atoms with Crippen molar-refractivity contribution < 1.29 is 4.39 Å². The molecule has 1 heterocycles. The summed E-state index contributed by atoms with van der Waals surface area (Å²) in [7, 11) is 0. The normalized spacial score (nSPS) is 11.8. The number of fused-ring (bicyclic) bond motifs is 1. The predicted octanol–water partition coefficient (Wildman–Crippen LogP) is 3.13. The van der Waals surface area contributed by atoms with E-state index in [0.29, 0.717) is 23.1 Å². The smallest absolute Gasteiger partial charge is 0.250 e. The van der Waals surface area contributed by atoms with Crippen molar-refractivity contribution in [1.29, 1.82) is 0 Å². The van der Waals surface area contributed by atoms with Crippen molar-refractivity contribution in [3.63, 3.8) is 0 Å². The van der Waals surface area contributed by atoms with E-state index in [-0.39, 0.29) is 16.8 Å². The second kappa shape index (κ2) is 4.44. The molecule has 2 aromatic rings. The predicted molar refractivity (Wildman–Crippen MR) is 72.5 cm³/mol. The highest BCUT2D eigenvalue weighted by Crippen LogP contribution is 2.22. The molecule has 2 rings (SSSR count). The van der Waals surface area contributed by atoms with Crippen molar-refractivity contribution >= 4 is 16.6 Å². The van der Waals surface area contributed by atoms with Crippen LogP contribution in [0.15, 0.2) is 29.1 Å². The van der Waals surface area contributed by atoms with E-state index in [9.17, 15) is 9.18 Å². The number of hydrogen-bond donors (Lipinski definition) is 2. The average Bonchev–Trinajstić information content (AvgIpc) is 2.25. The van der Waals surface area contributed by atoms with Gasteiger partial charge in [0.1, 0.15) is 5.82 Å². The van der Waals surface area contributed by atoms with Gasteiger partial charge in [-0.15, -0.1) is 0 Å². The average molecular weight is 248 g/mol. The van der Waals surface area contributed by atoms with Gasteiger partial charge in [-0.3, -0.25) is 4.79 Å². The molecule has 0 bridgehead atoms. The molecular formula is C14H17FN2O. The number of halogens is 1. The van der Waals surface area contributed by atoms with Gasteiger partial charge in [-0.1, -0.05) is 20.8 Å². The zero-order valence-corrected chi connectivity index (χ0v) is 10.8. The van der Waals surface area contributed by atoms with Crippen LogP contribution in [0.3, 0.4) is 0 Å². The molecule has 96 valence electrons. The Hall–Kier alpha value is -1.84. The van der Waals surface area contributed by atoms with Crippen molar-refractivity contribution in [2.75, 3.05) is 11.9 Å². The van der Waals surface area contributed by atoms with Crippen LogP contribution in [-0.2, 0) is 0 Å². The molecule has 0 fully saturated rings. The maximum absolute atomic E-state index is 13.3. The van der Waals surface area contributed by atoms with Gasteiger partial charge in [0.2, 0.25) is 5.56 Å². The number of benzene rings is 1. The summed E-state index contributed by atoms with van der Waals surface area (Å²) in [6.07, 6.45) is 0. The summed E-state index contributed by atoms with van der Waals surface area (Å²) in [5.74, 6) is -0.312. The summed E-state index contributed by atoms with van der Waals surface area (Å²) in [6, 6.07) is 5.81. The number of rotatable bonds is 2. The summed E-state index contributed by atoms with van der Waals surface area (Å²) in [4.78, 5) is 14.2. The number of aromatic nitrogens is 1. The van der Waals surface area contributed by atoms with E-state index in [0.717, 1.165) is 0 Å². The van der Waals surface area contributed by atoms with Crippen LogP contribution in [-0.4, -0.2) is 11.5 Å². The van der Waals surface area contributed by atoms with Gasteiger partial charge in [-0.25, -0.2) is 4.39 Å². The largest absolute Gasteiger partial charge is 0.384 e. The first-order valence-electron chi connectivity index (χ1n) is 5.92. The molecule has 1 aromatic carbocycles. The van der Waals surface area contributed by atoms with E-state index in [1.807, 2.05) is 0 Å². The zero-order chi connectivity index (χ0) is 13.3. The lowest BCUT2D eigenvalue weighted by Crippen LogP contribution is -2.20. The van der Waals surface area contributed by atoms with Crippen LogP contribution in [0, 0.1) is 11.2 Å². The summed E-state index contributed by atoms with van der Waals surface area (Å²) in [6.45, 7) is 6.99. The minimum atomic E-state index is -0.312. The van der Waals surface area contributed by atoms with Crippen LogP contribution >= 0.6 is 0 Å². The monoisotopic (exact) mass is 248 g/mol. The first-order chi connectivity index (χ1) is 8.35. The summed E-state index contributed by atoms with van der Waals surface area (Å²) >= 11 is 0. The molecule has 18 heavy (non-hydrogen) atoms. The van der Waals surface area contributed by atoms with Crippen molar-refractivity contribution in [1.82, 2.24) is 4.98 Å². The lowest BCUT2D eigenvalue weighted by molar-refractivity contribution is 0.443. The third-order valence-corrected chi connectivity index (χ3v) is 2.61. The van der Waals surface area contributed by atoms with Crippen molar-refractivity contribution in [3.8, 4) is 0 Å². The summed E-state index contributed by atoms with van der Waals surface area (Å²) in [5.41, 5.74) is 1.21. The van der Waals surface area contributed by atoms with E-state index in [2.05, 4.69) is 31.1 Å². The van der Waals surface area contributed by atoms with Crippen LogP contribution < -0.4 is 10.9 Å². The number of nitrogens with one attached hydrogen (secondary N) is 2. The van der Waals surface area contributed by atoms with Crippen LogP contribution in [0.25, 0.3) is 10.9 Å². The lowest BCUT2D eigenvalue weighted by atomic mass is 9.97. The minimum Gasteiger partial charge on any atom is -0.384 e. The van der Waals surface area contributed by atoms with Crippen molar-refractivity contribution in [2.45, 2.75) is 20.8 Å². The topological polar surface area (TPSA) is 44.9 Å². The third-order valence-electron chi connectivity index (χ3n) is 2.61. The Morgan fingerprint density at radius 1 is 1.28 bits per heavy atom. The summed E-state index contributed by atoms with van der Waals surface area (Å²) < 4.78 is 13.3. The van der Waals surface area contributed by atoms with E-state index in [1.54, 1.807) is 6.07 Å². The van der Waals surface area contributed by atoms with Gasteiger partial charge in [0, 0.05) is 23.7 Å². The second-order valence-electron chi connectivity index (χ2n) is 5.65. The third kappa shape index (κ3) is 2.88. The highest BCUT2D eigenvalue weighted by Gasteiger charge is 2.11. The molecule has 0 radical (unpaired) electrons. The maximum Gasteiger partial charge on any atom is 0.250 e. The fourth-order valence-corrected chi connectivity index (χ4v) is 1.73. The Balaban J connectivity index is 2.48. The van der Waals surface area contributed by atoms with E-state index >= 15 is 0 Å². The van der Waals surface area contributed by atoms with Crippen molar-refractivity contribution in [3.05, 3.63) is 40.4 Å². The molecule has 2 N–H and O–H groups in total. The Kier molecular flexibility index (Phi) is 3.11. The van der Waals surface area contributed by atoms with Gasteiger partial charge >= 0.3 is 0 Å². The summed E-state index contributed by atoms with van der Waals surface area (Å²) in [5, 5.41) is 3.90. The van der Waals surface area contributed by atoms with Crippen LogP contribution in [0.2, 0.25) is 0 Å². The Morgan fingerprint density at radius 3 is 2.67 bits per heavy atom. The van der Waals surface area contributed by atoms with Gasteiger partial charge in [0.15, 0.2) is 0 Å². The minimum absolute atomic E-state index is 0.0856. The molecule has 0 amide bonds. The van der Waals surface area contributed by atoms with E-state index in [1.165, 1.54) is 18.2 Å². The molecule has 0 aliphatic rings. The standard InChI is InChI=1S/C14H17FN2O/c1-14(2,3)8-16-12-7-13(18)17-11-5-4-9(15)6-10(11)12/h4-7H,8H2,1-3H3,(H2,16,17,18). The Labute approximate surface area is 105 Å². The fraction of sp³-hybridized carbons (Fsp3) is 0.357. The zero-order valence-electron chi connectivity index (χ0n) is 10.8. The highest BCUT2D eigenvalue weighted by atomic mass is 19.1. The molecular weight excluding hydrogens is 231 g/mol. The van der Waals surface area contributed by atoms with E-state index < -0.39 is 0 Å². The van der Waals surface area contributed by atoms with Crippen molar-refractivity contribution in [2.24, 2.45) is 5.41 Å². The van der Waals surface area contributed by atoms with Crippen LogP contribution in [0.4, 0.5) is 10.1 Å². The Bertz CT molecular complexity index is 626. The molecule has 0 spiro atoms. The van der Waals surface area contributed by atoms with Crippen LogP contribution in [0.5, 0.6) is 0 Å². The highest BCUT2D eigenvalue weighted by molar-refractivity contribution is 5.90. The first-order valence-corrected chi connectivity index (χ1v) is 5.92. The van der Waals surface area contributed by atoms with Crippen LogP contribution in [0.1, 0.15) is 20.8 Å². The molecule has 1 aromatic heterocycles. The number of aromatic amines is 1. The van der Waals surface area contributed by atoms with E-state index in [4.69, 9.17) is 0 Å². The number of H-pyrrole nitrogens is 1. The van der Waals surface area contributed by atoms with Gasteiger partial charge in [-0.2, -0.15) is 0 Å². The molecule has 0 aliphatic carbocycles. The molecule has 4 heteroatoms. The SMILES string of the molecule is CC(C)(C)CNc1cc(=O)[nH]c2ccc(F)cc12. The number of pyridine rings is 1. The van der Waals surface area contributed by atoms with Gasteiger partial charge in [-0.05, 0) is 23.6 Å². The fourth-order valence-electron chi connectivity index (χ4n) is 1.73. The maximum atomic E-state index is 13.3. The number of anilines is 1. The quantitative estimate of drug-likeness (QED) is 0.857. The number of hydrogen-bond acceptors (Lipinski definition) is 2. The molecule has 0 unspecified atom stereocenters. The Morgan fingerprint density at radius 2 is 2.00 bits per heavy atom. The van der Waals surface area contributed by atoms with Gasteiger partial charge in [0.05, 0.1) is 5.52 Å². The molecule has 3 nitrogen and oxygen atoms in total. The molecule has 0 aliphatic heterocycles. The lowest BCUT2D eigenvalue weighted by Gasteiger charge is -2.20. The molecule has 0 saturated carbocycles.